The first-order chi connectivity index (χ1) is 14.5. The summed E-state index contributed by atoms with van der Waals surface area (Å²) in [6.07, 6.45) is 2.83. The maximum atomic E-state index is 13.0. The number of carbonyl (C=O) groups is 2. The van der Waals surface area contributed by atoms with Crippen molar-refractivity contribution in [3.8, 4) is 5.75 Å². The molecule has 2 N–H and O–H groups in total. The van der Waals surface area contributed by atoms with Crippen molar-refractivity contribution < 1.29 is 14.3 Å². The Balaban J connectivity index is 1.54. The van der Waals surface area contributed by atoms with Gasteiger partial charge in [0.1, 0.15) is 10.8 Å². The van der Waals surface area contributed by atoms with Crippen LogP contribution in [0.1, 0.15) is 42.1 Å². The molecule has 0 bridgehead atoms. The maximum absolute atomic E-state index is 13.0. The summed E-state index contributed by atoms with van der Waals surface area (Å²) in [5.74, 6) is 0.304. The van der Waals surface area contributed by atoms with E-state index in [0.29, 0.717) is 22.4 Å². The topological polar surface area (TPSA) is 93.2 Å². The van der Waals surface area contributed by atoms with E-state index in [2.05, 4.69) is 34.7 Å². The number of nitrogens with zero attached hydrogens (tertiary/aromatic N) is 2. The van der Waals surface area contributed by atoms with Gasteiger partial charge in [0.05, 0.1) is 5.56 Å². The molecule has 1 heterocycles. The molecule has 156 valence electrons. The quantitative estimate of drug-likeness (QED) is 0.574. The van der Waals surface area contributed by atoms with Gasteiger partial charge in [0.2, 0.25) is 5.13 Å². The van der Waals surface area contributed by atoms with E-state index in [1.807, 2.05) is 24.3 Å². The van der Waals surface area contributed by atoms with Crippen molar-refractivity contribution in [2.75, 3.05) is 11.9 Å². The summed E-state index contributed by atoms with van der Waals surface area (Å²) in [5, 5.41) is 17.1. The second-order valence-electron chi connectivity index (χ2n) is 7.88. The number of hydrogen-bond acceptors (Lipinski definition) is 6. The predicted octanol–water partition coefficient (Wildman–Crippen LogP) is 3.80. The van der Waals surface area contributed by atoms with Crippen LogP contribution in [-0.4, -0.2) is 34.7 Å². The second kappa shape index (κ2) is 8.79. The fourth-order valence-corrected chi connectivity index (χ4v) is 4.00. The predicted molar refractivity (Wildman–Crippen MR) is 117 cm³/mol. The number of carbonyl (C=O) groups excluding carboxylic acids is 2. The van der Waals surface area contributed by atoms with E-state index in [4.69, 9.17) is 4.74 Å². The number of ether oxygens (including phenoxy) is 1. The zero-order chi connectivity index (χ0) is 21.1. The molecule has 7 nitrogen and oxygen atoms in total. The Morgan fingerprint density at radius 3 is 2.60 bits per heavy atom. The van der Waals surface area contributed by atoms with Crippen LogP contribution >= 0.6 is 11.3 Å². The van der Waals surface area contributed by atoms with E-state index in [1.165, 1.54) is 11.3 Å². The fourth-order valence-electron chi connectivity index (χ4n) is 3.06. The highest BCUT2D eigenvalue weighted by molar-refractivity contribution is 7.15. The molecule has 0 unspecified atom stereocenters. The number of hydrogen-bond donors (Lipinski definition) is 2. The van der Waals surface area contributed by atoms with E-state index in [-0.39, 0.29) is 24.5 Å². The number of benzene rings is 2. The number of amides is 2. The van der Waals surface area contributed by atoms with Gasteiger partial charge < -0.3 is 10.1 Å². The smallest absolute Gasteiger partial charge is 0.261 e. The molecule has 2 aromatic carbocycles. The van der Waals surface area contributed by atoms with Crippen molar-refractivity contribution in [1.82, 2.24) is 15.5 Å². The lowest BCUT2D eigenvalue weighted by Gasteiger charge is -2.12. The Morgan fingerprint density at radius 2 is 1.90 bits per heavy atom. The number of aromatic nitrogens is 2. The van der Waals surface area contributed by atoms with Crippen molar-refractivity contribution in [2.45, 2.75) is 39.2 Å². The van der Waals surface area contributed by atoms with Gasteiger partial charge >= 0.3 is 0 Å². The minimum atomic E-state index is -0.342. The van der Waals surface area contributed by atoms with Gasteiger partial charge in [-0.3, -0.25) is 14.9 Å². The summed E-state index contributed by atoms with van der Waals surface area (Å²) in [4.78, 5) is 25.0. The minimum Gasteiger partial charge on any atom is -0.483 e. The monoisotopic (exact) mass is 424 g/mol. The SMILES string of the molecule is CC(C)Cc1nnc(NC(=O)c2cc3ccccc3cc2OCC(=O)NC2CC2)s1. The summed E-state index contributed by atoms with van der Waals surface area (Å²) in [5.41, 5.74) is 0.355. The molecule has 1 saturated carbocycles. The number of nitrogens with one attached hydrogen (secondary N) is 2. The minimum absolute atomic E-state index is 0.132. The largest absolute Gasteiger partial charge is 0.483 e. The number of rotatable bonds is 8. The Labute approximate surface area is 178 Å². The molecule has 30 heavy (non-hydrogen) atoms. The van der Waals surface area contributed by atoms with Crippen molar-refractivity contribution in [1.29, 1.82) is 0 Å². The first kappa shape index (κ1) is 20.3. The maximum Gasteiger partial charge on any atom is 0.261 e. The van der Waals surface area contributed by atoms with Crippen LogP contribution in [0.15, 0.2) is 36.4 Å². The summed E-state index contributed by atoms with van der Waals surface area (Å²) in [6, 6.07) is 11.5. The molecule has 8 heteroatoms. The van der Waals surface area contributed by atoms with Crippen LogP contribution in [0.3, 0.4) is 0 Å². The lowest BCUT2D eigenvalue weighted by molar-refractivity contribution is -0.123. The lowest BCUT2D eigenvalue weighted by atomic mass is 10.1. The van der Waals surface area contributed by atoms with Gasteiger partial charge in [-0.1, -0.05) is 49.4 Å². The fraction of sp³-hybridized carbons (Fsp3) is 0.364. The number of anilines is 1. The highest BCUT2D eigenvalue weighted by Crippen LogP contribution is 2.28. The van der Waals surface area contributed by atoms with E-state index >= 15 is 0 Å². The van der Waals surface area contributed by atoms with Crippen LogP contribution in [0.25, 0.3) is 10.8 Å². The van der Waals surface area contributed by atoms with Gasteiger partial charge in [-0.15, -0.1) is 10.2 Å². The van der Waals surface area contributed by atoms with Crippen LogP contribution in [0.4, 0.5) is 5.13 Å². The Kier molecular flexibility index (Phi) is 5.94. The van der Waals surface area contributed by atoms with Crippen LogP contribution in [0, 0.1) is 5.92 Å². The van der Waals surface area contributed by atoms with Crippen LogP contribution in [0.5, 0.6) is 5.75 Å². The first-order valence-corrected chi connectivity index (χ1v) is 10.9. The van der Waals surface area contributed by atoms with Crippen molar-refractivity contribution in [3.63, 3.8) is 0 Å². The van der Waals surface area contributed by atoms with Gasteiger partial charge in [-0.05, 0) is 41.7 Å². The van der Waals surface area contributed by atoms with Crippen LogP contribution in [-0.2, 0) is 11.2 Å². The summed E-state index contributed by atoms with van der Waals surface area (Å²) in [6.45, 7) is 4.09. The summed E-state index contributed by atoms with van der Waals surface area (Å²) >= 11 is 1.37. The molecule has 0 atom stereocenters. The molecular weight excluding hydrogens is 400 g/mol. The third-order valence-corrected chi connectivity index (χ3v) is 5.52. The van der Waals surface area contributed by atoms with Gasteiger partial charge in [0.25, 0.3) is 11.8 Å². The van der Waals surface area contributed by atoms with Gasteiger partial charge in [0, 0.05) is 12.5 Å². The third kappa shape index (κ3) is 5.13. The Bertz CT molecular complexity index is 1080. The normalized spacial score (nSPS) is 13.4. The third-order valence-electron chi connectivity index (χ3n) is 4.66. The standard InChI is InChI=1S/C22H24N4O3S/c1-13(2)9-20-25-26-22(30-20)24-21(28)17-10-14-5-3-4-6-15(14)11-18(17)29-12-19(27)23-16-7-8-16/h3-6,10-11,13,16H,7-9,12H2,1-2H3,(H,23,27)(H,24,26,28). The molecule has 1 fully saturated rings. The van der Waals surface area contributed by atoms with Crippen molar-refractivity contribution in [3.05, 3.63) is 47.0 Å². The summed E-state index contributed by atoms with van der Waals surface area (Å²) < 4.78 is 5.75. The highest BCUT2D eigenvalue weighted by atomic mass is 32.1. The van der Waals surface area contributed by atoms with E-state index in [0.717, 1.165) is 35.0 Å². The Morgan fingerprint density at radius 1 is 1.17 bits per heavy atom. The second-order valence-corrected chi connectivity index (χ2v) is 8.94. The molecule has 1 aromatic heterocycles. The molecule has 0 saturated heterocycles. The zero-order valence-electron chi connectivity index (χ0n) is 17.0. The molecular formula is C22H24N4O3S. The summed E-state index contributed by atoms with van der Waals surface area (Å²) in [7, 11) is 0. The van der Waals surface area contributed by atoms with Crippen molar-refractivity contribution in [2.24, 2.45) is 5.92 Å². The molecule has 0 radical (unpaired) electrons. The lowest BCUT2D eigenvalue weighted by Crippen LogP contribution is -2.30. The molecule has 0 aliphatic heterocycles. The van der Waals surface area contributed by atoms with E-state index < -0.39 is 0 Å². The van der Waals surface area contributed by atoms with Gasteiger partial charge in [-0.25, -0.2) is 0 Å². The average molecular weight is 425 g/mol. The highest BCUT2D eigenvalue weighted by Gasteiger charge is 2.24. The van der Waals surface area contributed by atoms with Crippen molar-refractivity contribution >= 4 is 39.1 Å². The molecule has 1 aliphatic carbocycles. The molecule has 0 spiro atoms. The zero-order valence-corrected chi connectivity index (χ0v) is 17.8. The van der Waals surface area contributed by atoms with Crippen LogP contribution in [0.2, 0.25) is 0 Å². The van der Waals surface area contributed by atoms with E-state index in [9.17, 15) is 9.59 Å². The molecule has 1 aliphatic rings. The van der Waals surface area contributed by atoms with Gasteiger partial charge in [-0.2, -0.15) is 0 Å². The number of fused-ring (bicyclic) bond motifs is 1. The van der Waals surface area contributed by atoms with Gasteiger partial charge in [0.15, 0.2) is 6.61 Å². The first-order valence-electron chi connectivity index (χ1n) is 10.1. The Hall–Kier alpha value is -3.00. The molecule has 4 rings (SSSR count). The molecule has 3 aromatic rings. The molecule has 2 amide bonds. The van der Waals surface area contributed by atoms with E-state index in [1.54, 1.807) is 12.1 Å². The van der Waals surface area contributed by atoms with Crippen LogP contribution < -0.4 is 15.4 Å². The average Bonchev–Trinajstić information content (AvgIpc) is 3.42.